The van der Waals surface area contributed by atoms with Gasteiger partial charge < -0.3 is 5.11 Å². The van der Waals surface area contributed by atoms with Crippen molar-refractivity contribution in [3.8, 4) is 5.75 Å². The molecular weight excluding hydrogens is 366 g/mol. The van der Waals surface area contributed by atoms with E-state index in [1.54, 1.807) is 30.3 Å². The number of hydrogen-bond acceptors (Lipinski definition) is 6. The average Bonchev–Trinajstić information content (AvgIpc) is 2.68. The molecule has 0 spiro atoms. The largest absolute Gasteiger partial charge is 0.508 e. The van der Waals surface area contributed by atoms with E-state index in [4.69, 9.17) is 0 Å². The molecule has 3 aromatic rings. The van der Waals surface area contributed by atoms with Crippen LogP contribution < -0.4 is 4.72 Å². The van der Waals surface area contributed by atoms with Gasteiger partial charge in [0.1, 0.15) is 5.75 Å². The lowest BCUT2D eigenvalue weighted by Gasteiger charge is -2.07. The van der Waals surface area contributed by atoms with Gasteiger partial charge in [0.15, 0.2) is 0 Å². The van der Waals surface area contributed by atoms with Crippen LogP contribution in [0.15, 0.2) is 94.0 Å². The molecule has 0 aliphatic carbocycles. The molecule has 27 heavy (non-hydrogen) atoms. The van der Waals surface area contributed by atoms with E-state index < -0.39 is 15.9 Å². The van der Waals surface area contributed by atoms with Crippen LogP contribution >= 0.6 is 0 Å². The zero-order valence-electron chi connectivity index (χ0n) is 14.0. The van der Waals surface area contributed by atoms with Crippen LogP contribution in [0.3, 0.4) is 0 Å². The smallest absolute Gasteiger partial charge is 0.264 e. The molecule has 0 saturated heterocycles. The first-order valence-corrected chi connectivity index (χ1v) is 9.35. The van der Waals surface area contributed by atoms with Crippen LogP contribution in [0.2, 0.25) is 0 Å². The molecule has 0 heterocycles. The van der Waals surface area contributed by atoms with Crippen LogP contribution in [0.1, 0.15) is 10.4 Å². The number of sulfonamides is 1. The van der Waals surface area contributed by atoms with E-state index in [0.29, 0.717) is 11.4 Å². The van der Waals surface area contributed by atoms with Crippen molar-refractivity contribution in [3.05, 3.63) is 84.4 Å². The number of phenols is 1. The number of carbonyl (C=O) groups excluding carboxylic acids is 1. The fraction of sp³-hybridized carbons (Fsp3) is 0. The molecule has 3 aromatic carbocycles. The number of benzene rings is 3. The highest BCUT2D eigenvalue weighted by Crippen LogP contribution is 2.22. The molecule has 2 N–H and O–H groups in total. The number of nitrogens with zero attached hydrogens (tertiary/aromatic N) is 2. The van der Waals surface area contributed by atoms with Crippen LogP contribution in [0, 0.1) is 0 Å². The monoisotopic (exact) mass is 381 g/mol. The predicted octanol–water partition coefficient (Wildman–Crippen LogP) is 3.93. The van der Waals surface area contributed by atoms with Gasteiger partial charge in [0.25, 0.3) is 15.9 Å². The van der Waals surface area contributed by atoms with Crippen molar-refractivity contribution in [2.45, 2.75) is 4.90 Å². The number of azo groups is 1. The minimum absolute atomic E-state index is 0.0598. The summed E-state index contributed by atoms with van der Waals surface area (Å²) in [6, 6.07) is 19.9. The summed E-state index contributed by atoms with van der Waals surface area (Å²) in [4.78, 5) is 12.0. The predicted molar refractivity (Wildman–Crippen MR) is 99.8 cm³/mol. The van der Waals surface area contributed by atoms with E-state index in [1.165, 1.54) is 48.5 Å². The summed E-state index contributed by atoms with van der Waals surface area (Å²) < 4.78 is 26.7. The Balaban J connectivity index is 1.72. The molecule has 0 unspecified atom stereocenters. The first kappa shape index (κ1) is 18.3. The van der Waals surface area contributed by atoms with Gasteiger partial charge in [-0.3, -0.25) is 4.79 Å². The minimum Gasteiger partial charge on any atom is -0.508 e. The van der Waals surface area contributed by atoms with Crippen LogP contribution in [-0.4, -0.2) is 19.4 Å². The Morgan fingerprint density at radius 3 is 1.85 bits per heavy atom. The average molecular weight is 381 g/mol. The Kier molecular flexibility index (Phi) is 5.28. The molecule has 0 aliphatic rings. The summed E-state index contributed by atoms with van der Waals surface area (Å²) in [7, 11) is -4.00. The van der Waals surface area contributed by atoms with Crippen LogP contribution in [0.25, 0.3) is 0 Å². The normalized spacial score (nSPS) is 11.4. The van der Waals surface area contributed by atoms with Crippen LogP contribution in [0.4, 0.5) is 11.4 Å². The number of hydrogen-bond donors (Lipinski definition) is 2. The summed E-state index contributed by atoms with van der Waals surface area (Å²) >= 11 is 0. The highest BCUT2D eigenvalue weighted by atomic mass is 32.2. The van der Waals surface area contributed by atoms with Crippen LogP contribution in [-0.2, 0) is 10.0 Å². The van der Waals surface area contributed by atoms with Gasteiger partial charge in [-0.05, 0) is 60.7 Å². The third-order valence-corrected chi connectivity index (χ3v) is 4.89. The first-order valence-electron chi connectivity index (χ1n) is 7.87. The van der Waals surface area contributed by atoms with Gasteiger partial charge in [-0.25, -0.2) is 13.1 Å². The molecule has 0 radical (unpaired) electrons. The van der Waals surface area contributed by atoms with Crippen molar-refractivity contribution in [1.82, 2.24) is 4.72 Å². The summed E-state index contributed by atoms with van der Waals surface area (Å²) in [5.41, 5.74) is 1.23. The van der Waals surface area contributed by atoms with Crippen molar-refractivity contribution in [2.75, 3.05) is 0 Å². The Labute approximate surface area is 156 Å². The summed E-state index contributed by atoms with van der Waals surface area (Å²) in [5.74, 6) is -0.576. The number of aromatic hydroxyl groups is 1. The van der Waals surface area contributed by atoms with Gasteiger partial charge in [-0.2, -0.15) is 10.2 Å². The van der Waals surface area contributed by atoms with E-state index in [1.807, 2.05) is 4.72 Å². The molecule has 0 bridgehead atoms. The maximum Gasteiger partial charge on any atom is 0.264 e. The lowest BCUT2D eigenvalue weighted by atomic mass is 10.2. The fourth-order valence-electron chi connectivity index (χ4n) is 2.16. The molecule has 1 amide bonds. The second-order valence-electron chi connectivity index (χ2n) is 5.51. The lowest BCUT2D eigenvalue weighted by Crippen LogP contribution is -2.30. The van der Waals surface area contributed by atoms with E-state index in [9.17, 15) is 18.3 Å². The maximum atomic E-state index is 12.3. The SMILES string of the molecule is O=C(NS(=O)(=O)c1ccc(N=Nc2ccc(O)cc2)cc1)c1ccccc1. The molecule has 3 rings (SSSR count). The van der Waals surface area contributed by atoms with Gasteiger partial charge in [0.2, 0.25) is 0 Å². The Hall–Kier alpha value is -3.52. The molecule has 0 atom stereocenters. The molecule has 0 saturated carbocycles. The number of amides is 1. The number of carbonyl (C=O) groups is 1. The second-order valence-corrected chi connectivity index (χ2v) is 7.19. The van der Waals surface area contributed by atoms with Gasteiger partial charge in [-0.15, -0.1) is 0 Å². The minimum atomic E-state index is -4.00. The van der Waals surface area contributed by atoms with Crippen molar-refractivity contribution in [1.29, 1.82) is 0 Å². The molecule has 7 nitrogen and oxygen atoms in total. The van der Waals surface area contributed by atoms with E-state index in [-0.39, 0.29) is 16.2 Å². The molecule has 0 aromatic heterocycles. The quantitative estimate of drug-likeness (QED) is 0.653. The molecule has 0 aliphatic heterocycles. The maximum absolute atomic E-state index is 12.3. The first-order chi connectivity index (χ1) is 12.9. The van der Waals surface area contributed by atoms with E-state index >= 15 is 0 Å². The molecular formula is C19H15N3O4S. The van der Waals surface area contributed by atoms with Crippen molar-refractivity contribution < 1.29 is 18.3 Å². The number of phenolic OH excluding ortho intramolecular Hbond substituents is 1. The summed E-state index contributed by atoms with van der Waals surface area (Å²) in [6.07, 6.45) is 0. The Morgan fingerprint density at radius 2 is 1.30 bits per heavy atom. The van der Waals surface area contributed by atoms with E-state index in [0.717, 1.165) is 0 Å². The van der Waals surface area contributed by atoms with Gasteiger partial charge >= 0.3 is 0 Å². The van der Waals surface area contributed by atoms with Gasteiger partial charge in [-0.1, -0.05) is 18.2 Å². The molecule has 136 valence electrons. The van der Waals surface area contributed by atoms with E-state index in [2.05, 4.69) is 10.2 Å². The zero-order chi connectivity index (χ0) is 19.3. The van der Waals surface area contributed by atoms with Crippen LogP contribution in [0.5, 0.6) is 5.75 Å². The third-order valence-electron chi connectivity index (χ3n) is 3.54. The van der Waals surface area contributed by atoms with Crippen molar-refractivity contribution in [2.24, 2.45) is 10.2 Å². The van der Waals surface area contributed by atoms with Gasteiger partial charge in [0.05, 0.1) is 16.3 Å². The van der Waals surface area contributed by atoms with Crippen molar-refractivity contribution in [3.63, 3.8) is 0 Å². The standard InChI is InChI=1S/C19H15N3O4S/c23-17-10-6-15(7-11-17)20-21-16-8-12-18(13-9-16)27(25,26)22-19(24)14-4-2-1-3-5-14/h1-13,23H,(H,22,24). The van der Waals surface area contributed by atoms with Gasteiger partial charge in [0, 0.05) is 5.56 Å². The number of nitrogens with one attached hydrogen (secondary N) is 1. The summed E-state index contributed by atoms with van der Waals surface area (Å²) in [5, 5.41) is 17.2. The molecule has 8 heteroatoms. The topological polar surface area (TPSA) is 108 Å². The Bertz CT molecular complexity index is 1060. The third kappa shape index (κ3) is 4.77. The fourth-order valence-corrected chi connectivity index (χ4v) is 3.13. The highest BCUT2D eigenvalue weighted by Gasteiger charge is 2.18. The summed E-state index contributed by atoms with van der Waals surface area (Å²) in [6.45, 7) is 0. The lowest BCUT2D eigenvalue weighted by molar-refractivity contribution is 0.0981. The highest BCUT2D eigenvalue weighted by molar-refractivity contribution is 7.90. The number of rotatable bonds is 5. The van der Waals surface area contributed by atoms with Crippen molar-refractivity contribution >= 4 is 27.3 Å². The molecule has 0 fully saturated rings. The Morgan fingerprint density at radius 1 is 0.778 bits per heavy atom. The second kappa shape index (κ2) is 7.79. The zero-order valence-corrected chi connectivity index (χ0v) is 14.8.